The largest absolute Gasteiger partial charge is 0.309 e. The first kappa shape index (κ1) is 38.1. The van der Waals surface area contributed by atoms with Gasteiger partial charge in [0.15, 0.2) is 17.5 Å². The molecule has 0 bridgehead atoms. The number of para-hydroxylation sites is 3. The standard InChI is InChI=1S/C63H39N5/c1-3-18-41(19-4-1)61-64-62(66-63(65-61)53-31-16-30-51-50-28-13-14-32-57(50)68(60(51)53)46-25-5-2-6-26-46)52-34-33-47(39-54(52)49-29-15-24-40-17-11-12-27-48(40)49)67-58-37-44-22-9-7-20-42(44)35-55(58)56-36-43-21-8-10-23-45(43)38-59(56)67/h1-39H. The Balaban J connectivity index is 1.07. The van der Waals surface area contributed by atoms with Gasteiger partial charge in [0.2, 0.25) is 0 Å². The topological polar surface area (TPSA) is 48.5 Å². The van der Waals surface area contributed by atoms with Crippen molar-refractivity contribution in [1.82, 2.24) is 24.1 Å². The summed E-state index contributed by atoms with van der Waals surface area (Å²) in [6.45, 7) is 0. The highest BCUT2D eigenvalue weighted by Gasteiger charge is 2.23. The highest BCUT2D eigenvalue weighted by Crippen LogP contribution is 2.43. The van der Waals surface area contributed by atoms with Crippen molar-refractivity contribution in [2.24, 2.45) is 0 Å². The summed E-state index contributed by atoms with van der Waals surface area (Å²) in [4.78, 5) is 16.3. The molecule has 3 aromatic heterocycles. The van der Waals surface area contributed by atoms with Gasteiger partial charge in [-0.25, -0.2) is 15.0 Å². The molecule has 0 amide bonds. The predicted molar refractivity (Wildman–Crippen MR) is 283 cm³/mol. The summed E-state index contributed by atoms with van der Waals surface area (Å²) >= 11 is 0. The van der Waals surface area contributed by atoms with Gasteiger partial charge in [0.05, 0.1) is 22.1 Å². The lowest BCUT2D eigenvalue weighted by Crippen LogP contribution is -2.03. The summed E-state index contributed by atoms with van der Waals surface area (Å²) in [6, 6.07) is 84.7. The SMILES string of the molecule is c1ccc(-c2nc(-c3ccc(-n4c5cc6ccccc6cc5c5cc6ccccc6cc54)cc3-c3cccc4ccccc34)nc(-c3cccc4c5ccccc5n(-c5ccccc5)c34)n2)cc1. The summed E-state index contributed by atoms with van der Waals surface area (Å²) in [5.41, 5.74) is 11.5. The molecule has 316 valence electrons. The number of hydrogen-bond acceptors (Lipinski definition) is 3. The first-order chi connectivity index (χ1) is 33.7. The predicted octanol–water partition coefficient (Wildman–Crippen LogP) is 16.2. The summed E-state index contributed by atoms with van der Waals surface area (Å²) in [5.74, 6) is 1.81. The Labute approximate surface area is 391 Å². The number of hydrogen-bond donors (Lipinski definition) is 0. The minimum absolute atomic E-state index is 0.599. The van der Waals surface area contributed by atoms with Gasteiger partial charge in [-0.1, -0.05) is 170 Å². The minimum atomic E-state index is 0.599. The van der Waals surface area contributed by atoms with Crippen LogP contribution in [-0.2, 0) is 0 Å². The Morgan fingerprint density at radius 3 is 1.47 bits per heavy atom. The number of aromatic nitrogens is 5. The first-order valence-corrected chi connectivity index (χ1v) is 23.1. The molecule has 0 atom stereocenters. The molecule has 0 aliphatic carbocycles. The molecule has 5 nitrogen and oxygen atoms in total. The van der Waals surface area contributed by atoms with E-state index in [9.17, 15) is 0 Å². The van der Waals surface area contributed by atoms with Crippen LogP contribution in [0.4, 0.5) is 0 Å². The molecular formula is C63H39N5. The smallest absolute Gasteiger partial charge is 0.166 e. The molecule has 0 saturated carbocycles. The molecule has 0 saturated heterocycles. The lowest BCUT2D eigenvalue weighted by molar-refractivity contribution is 1.07. The maximum atomic E-state index is 5.54. The number of nitrogens with zero attached hydrogens (tertiary/aromatic N) is 5. The van der Waals surface area contributed by atoms with Crippen LogP contribution in [0.25, 0.3) is 133 Å². The van der Waals surface area contributed by atoms with Crippen LogP contribution >= 0.6 is 0 Å². The third kappa shape index (κ3) is 5.99. The van der Waals surface area contributed by atoms with Crippen LogP contribution in [0.5, 0.6) is 0 Å². The van der Waals surface area contributed by atoms with Gasteiger partial charge in [-0.15, -0.1) is 0 Å². The monoisotopic (exact) mass is 865 g/mol. The molecule has 0 aliphatic heterocycles. The van der Waals surface area contributed by atoms with E-state index in [0.717, 1.165) is 77.4 Å². The van der Waals surface area contributed by atoms with E-state index < -0.39 is 0 Å². The van der Waals surface area contributed by atoms with Crippen molar-refractivity contribution < 1.29 is 0 Å². The normalized spacial score (nSPS) is 11.8. The molecule has 5 heteroatoms. The van der Waals surface area contributed by atoms with Crippen LogP contribution < -0.4 is 0 Å². The van der Waals surface area contributed by atoms with Gasteiger partial charge in [-0.2, -0.15) is 0 Å². The fourth-order valence-electron chi connectivity index (χ4n) is 10.6. The second-order valence-corrected chi connectivity index (χ2v) is 17.6. The zero-order valence-electron chi connectivity index (χ0n) is 36.8. The Morgan fingerprint density at radius 1 is 0.250 bits per heavy atom. The Morgan fingerprint density at radius 2 is 0.765 bits per heavy atom. The minimum Gasteiger partial charge on any atom is -0.309 e. The van der Waals surface area contributed by atoms with E-state index >= 15 is 0 Å². The van der Waals surface area contributed by atoms with E-state index in [1.54, 1.807) is 0 Å². The zero-order valence-corrected chi connectivity index (χ0v) is 36.8. The van der Waals surface area contributed by atoms with Crippen LogP contribution in [0.3, 0.4) is 0 Å². The fraction of sp³-hybridized carbons (Fsp3) is 0. The highest BCUT2D eigenvalue weighted by atomic mass is 15.1. The molecule has 0 N–H and O–H groups in total. The van der Waals surface area contributed by atoms with E-state index in [0.29, 0.717) is 17.5 Å². The molecule has 3 heterocycles. The molecule has 68 heavy (non-hydrogen) atoms. The van der Waals surface area contributed by atoms with Gasteiger partial charge in [-0.3, -0.25) is 0 Å². The molecule has 14 rings (SSSR count). The molecule has 0 aliphatic rings. The van der Waals surface area contributed by atoms with E-state index in [1.165, 1.54) is 37.7 Å². The zero-order chi connectivity index (χ0) is 44.7. The van der Waals surface area contributed by atoms with Crippen molar-refractivity contribution in [2.45, 2.75) is 0 Å². The van der Waals surface area contributed by atoms with Crippen LogP contribution in [-0.4, -0.2) is 24.1 Å². The van der Waals surface area contributed by atoms with Gasteiger partial charge < -0.3 is 9.13 Å². The van der Waals surface area contributed by atoms with Crippen molar-refractivity contribution in [2.75, 3.05) is 0 Å². The fourth-order valence-corrected chi connectivity index (χ4v) is 10.6. The number of benzene rings is 11. The van der Waals surface area contributed by atoms with Crippen LogP contribution in [0.1, 0.15) is 0 Å². The van der Waals surface area contributed by atoms with Crippen molar-refractivity contribution in [1.29, 1.82) is 0 Å². The first-order valence-electron chi connectivity index (χ1n) is 23.1. The lowest BCUT2D eigenvalue weighted by atomic mass is 9.93. The van der Waals surface area contributed by atoms with E-state index in [2.05, 4.69) is 228 Å². The van der Waals surface area contributed by atoms with E-state index in [-0.39, 0.29) is 0 Å². The molecular weight excluding hydrogens is 827 g/mol. The molecule has 0 radical (unpaired) electrons. The van der Waals surface area contributed by atoms with E-state index in [1.807, 2.05) is 18.2 Å². The average molecular weight is 866 g/mol. The molecule has 11 aromatic carbocycles. The van der Waals surface area contributed by atoms with Crippen LogP contribution in [0.15, 0.2) is 237 Å². The van der Waals surface area contributed by atoms with Crippen LogP contribution in [0, 0.1) is 0 Å². The van der Waals surface area contributed by atoms with Gasteiger partial charge in [-0.05, 0) is 110 Å². The van der Waals surface area contributed by atoms with Gasteiger partial charge >= 0.3 is 0 Å². The number of rotatable bonds is 6. The third-order valence-corrected chi connectivity index (χ3v) is 13.7. The second kappa shape index (κ2) is 15.2. The van der Waals surface area contributed by atoms with Gasteiger partial charge in [0.1, 0.15) is 0 Å². The molecule has 0 unspecified atom stereocenters. The Bertz CT molecular complexity index is 4220. The molecule has 0 fully saturated rings. The van der Waals surface area contributed by atoms with Gasteiger partial charge in [0, 0.05) is 49.6 Å². The Kier molecular flexibility index (Phi) is 8.52. The quantitative estimate of drug-likeness (QED) is 0.167. The van der Waals surface area contributed by atoms with Crippen molar-refractivity contribution in [3.63, 3.8) is 0 Å². The van der Waals surface area contributed by atoms with Crippen LogP contribution in [0.2, 0.25) is 0 Å². The molecule has 14 aromatic rings. The van der Waals surface area contributed by atoms with Crippen molar-refractivity contribution in [3.8, 4) is 56.7 Å². The summed E-state index contributed by atoms with van der Waals surface area (Å²) in [7, 11) is 0. The van der Waals surface area contributed by atoms with Crippen molar-refractivity contribution >= 4 is 75.9 Å². The van der Waals surface area contributed by atoms with Crippen molar-refractivity contribution in [3.05, 3.63) is 237 Å². The lowest BCUT2D eigenvalue weighted by Gasteiger charge is -2.17. The summed E-state index contributed by atoms with van der Waals surface area (Å²) < 4.78 is 4.79. The maximum Gasteiger partial charge on any atom is 0.166 e. The highest BCUT2D eigenvalue weighted by molar-refractivity contribution is 6.17. The number of fused-ring (bicyclic) bond motifs is 9. The maximum absolute atomic E-state index is 5.54. The van der Waals surface area contributed by atoms with Gasteiger partial charge in [0.25, 0.3) is 0 Å². The average Bonchev–Trinajstić information content (AvgIpc) is 3.91. The third-order valence-electron chi connectivity index (χ3n) is 13.7. The Hall–Kier alpha value is -9.19. The summed E-state index contributed by atoms with van der Waals surface area (Å²) in [6.07, 6.45) is 0. The van der Waals surface area contributed by atoms with E-state index in [4.69, 9.17) is 15.0 Å². The molecule has 0 spiro atoms. The summed E-state index contributed by atoms with van der Waals surface area (Å²) in [5, 5.41) is 11.9. The second-order valence-electron chi connectivity index (χ2n) is 17.6.